The Balaban J connectivity index is 0.00000155. The Hall–Kier alpha value is -0.263. The first-order valence-corrected chi connectivity index (χ1v) is 27.4. The van der Waals surface area contributed by atoms with Crippen LogP contribution < -0.4 is 0 Å². The number of allylic oxidation sites excluding steroid dienone is 2. The standard InChI is InChI=1S/C35H51O2Si2.2ClH.Zr/c1-7-38(8-2,9-3)36-27-17-26-35(28-37-39(10-4,11-5)12-6,33-24-22-29-18-13-15-20-31(29)33)34-25-23-30-19-14-16-21-32(30)34;;;/h13-16,18-25,27,33-34H,7-12,17,26,28H2,1-6H3;2*1H;/q-1;;;+2/p-2. The molecule has 0 heterocycles. The van der Waals surface area contributed by atoms with Gasteiger partial charge in [-0.2, -0.15) is 6.42 Å². The summed E-state index contributed by atoms with van der Waals surface area (Å²) in [6.45, 7) is 17.0. The molecule has 0 aromatic heterocycles. The van der Waals surface area contributed by atoms with Gasteiger partial charge in [-0.25, -0.2) is 6.61 Å². The van der Waals surface area contributed by atoms with Crippen LogP contribution in [0.1, 0.15) is 88.5 Å². The predicted octanol–water partition coefficient (Wildman–Crippen LogP) is 12.0. The molecule has 2 unspecified atom stereocenters. The third-order valence-electron chi connectivity index (χ3n) is 10.4. The fraction of sp³-hybridized carbons (Fsp3) is 0.514. The molecule has 2 aliphatic carbocycles. The SMILES string of the molecule is CC[Si](CC)(CC)O[CH-]CCC(CO[Si](CC)(CC)CC)(C1C=Cc2ccccc21)C1C=Cc2ccccc21.[Cl][Zr][Cl]. The van der Waals surface area contributed by atoms with E-state index < -0.39 is 37.5 Å². The van der Waals surface area contributed by atoms with E-state index in [0.29, 0.717) is 11.8 Å². The van der Waals surface area contributed by atoms with Crippen LogP contribution in [0.3, 0.4) is 0 Å². The van der Waals surface area contributed by atoms with Crippen LogP contribution in [0.5, 0.6) is 0 Å². The van der Waals surface area contributed by atoms with Crippen molar-refractivity contribution in [1.29, 1.82) is 0 Å². The predicted molar refractivity (Wildman–Crippen MR) is 186 cm³/mol. The van der Waals surface area contributed by atoms with Crippen LogP contribution in [0.25, 0.3) is 12.2 Å². The monoisotopic (exact) mass is 719 g/mol. The Bertz CT molecular complexity index is 1090. The minimum absolute atomic E-state index is 0.0846. The number of hydrogen-bond donors (Lipinski definition) is 0. The molecule has 2 aliphatic rings. The van der Waals surface area contributed by atoms with Crippen molar-refractivity contribution in [2.24, 2.45) is 5.41 Å². The molecule has 230 valence electrons. The van der Waals surface area contributed by atoms with Crippen LogP contribution in [0.4, 0.5) is 0 Å². The van der Waals surface area contributed by atoms with Crippen LogP contribution in [-0.2, 0) is 29.7 Å². The zero-order chi connectivity index (χ0) is 30.6. The molecule has 0 aliphatic heterocycles. The molecule has 7 heteroatoms. The molecule has 0 saturated carbocycles. The van der Waals surface area contributed by atoms with Crippen LogP contribution in [0.15, 0.2) is 60.7 Å². The molecule has 42 heavy (non-hydrogen) atoms. The van der Waals surface area contributed by atoms with Gasteiger partial charge in [-0.05, 0) is 58.5 Å². The van der Waals surface area contributed by atoms with Gasteiger partial charge in [-0.1, -0.05) is 121 Å². The molecule has 2 aromatic carbocycles. The summed E-state index contributed by atoms with van der Waals surface area (Å²) in [5.74, 6) is 0.622. The summed E-state index contributed by atoms with van der Waals surface area (Å²) in [7, 11) is 6.41. The fourth-order valence-corrected chi connectivity index (χ4v) is 12.3. The molecule has 4 rings (SSSR count). The normalized spacial score (nSPS) is 18.7. The van der Waals surface area contributed by atoms with Gasteiger partial charge in [0.1, 0.15) is 0 Å². The van der Waals surface area contributed by atoms with Crippen molar-refractivity contribution >= 4 is 45.8 Å². The summed E-state index contributed by atoms with van der Waals surface area (Å²) in [6, 6.07) is 25.1. The van der Waals surface area contributed by atoms with E-state index in [1.807, 2.05) is 0 Å². The molecule has 0 fully saturated rings. The van der Waals surface area contributed by atoms with Gasteiger partial charge in [0.15, 0.2) is 16.6 Å². The molecule has 2 aromatic rings. The van der Waals surface area contributed by atoms with E-state index >= 15 is 0 Å². The van der Waals surface area contributed by atoms with Crippen molar-refractivity contribution in [3.8, 4) is 0 Å². The second-order valence-electron chi connectivity index (χ2n) is 11.8. The quantitative estimate of drug-likeness (QED) is 0.0976. The van der Waals surface area contributed by atoms with Gasteiger partial charge in [0.25, 0.3) is 0 Å². The van der Waals surface area contributed by atoms with Gasteiger partial charge < -0.3 is 8.85 Å². The van der Waals surface area contributed by atoms with Gasteiger partial charge in [0.05, 0.1) is 0 Å². The van der Waals surface area contributed by atoms with E-state index in [1.165, 1.54) is 58.5 Å². The molecule has 2 atom stereocenters. The second-order valence-corrected chi connectivity index (χ2v) is 25.1. The number of fused-ring (bicyclic) bond motifs is 2. The average molecular weight is 722 g/mol. The second kappa shape index (κ2) is 17.4. The first-order valence-electron chi connectivity index (χ1n) is 16.0. The van der Waals surface area contributed by atoms with Crippen molar-refractivity contribution in [2.45, 2.75) is 102 Å². The first-order chi connectivity index (χ1) is 20.4. The van der Waals surface area contributed by atoms with E-state index in [0.717, 1.165) is 19.4 Å². The Morgan fingerprint density at radius 2 is 1.14 bits per heavy atom. The molecule has 0 saturated heterocycles. The van der Waals surface area contributed by atoms with Gasteiger partial charge in [-0.15, -0.1) is 0 Å². The van der Waals surface area contributed by atoms with Crippen molar-refractivity contribution in [1.82, 2.24) is 0 Å². The van der Waals surface area contributed by atoms with Crippen molar-refractivity contribution in [2.75, 3.05) is 6.61 Å². The Morgan fingerprint density at radius 3 is 1.57 bits per heavy atom. The summed E-state index contributed by atoms with van der Waals surface area (Å²) in [4.78, 5) is 0. The van der Waals surface area contributed by atoms with Gasteiger partial charge in [-0.3, -0.25) is 0 Å². The summed E-state index contributed by atoms with van der Waals surface area (Å²) in [5, 5.41) is 0. The molecule has 0 spiro atoms. The summed E-state index contributed by atoms with van der Waals surface area (Å²) >= 11 is -0.826. The van der Waals surface area contributed by atoms with Crippen LogP contribution in [0, 0.1) is 12.0 Å². The Kier molecular flexibility index (Phi) is 15.0. The van der Waals surface area contributed by atoms with Gasteiger partial charge in [0.2, 0.25) is 0 Å². The van der Waals surface area contributed by atoms with Crippen LogP contribution in [-0.4, -0.2) is 23.2 Å². The molecule has 0 amide bonds. The Morgan fingerprint density at radius 1 is 0.714 bits per heavy atom. The fourth-order valence-electron chi connectivity index (χ4n) is 7.16. The molecular formula is C35H51Cl2O2Si2Zr-. The summed E-state index contributed by atoms with van der Waals surface area (Å²) in [6.07, 6.45) is 11.7. The summed E-state index contributed by atoms with van der Waals surface area (Å²) < 4.78 is 14.0. The van der Waals surface area contributed by atoms with Crippen molar-refractivity contribution < 1.29 is 29.7 Å². The maximum absolute atomic E-state index is 7.28. The van der Waals surface area contributed by atoms with Gasteiger partial charge in [0, 0.05) is 23.9 Å². The third-order valence-corrected chi connectivity index (χ3v) is 19.6. The van der Waals surface area contributed by atoms with Crippen molar-refractivity contribution in [3.05, 3.63) is 89.5 Å². The number of benzene rings is 2. The van der Waals surface area contributed by atoms with Crippen LogP contribution >= 0.6 is 17.0 Å². The van der Waals surface area contributed by atoms with E-state index in [4.69, 9.17) is 25.9 Å². The minimum atomic E-state index is -1.79. The first kappa shape index (κ1) is 36.2. The van der Waals surface area contributed by atoms with E-state index in [1.54, 1.807) is 0 Å². The zero-order valence-corrected chi connectivity index (χ0v) is 32.6. The number of rotatable bonds is 16. The third kappa shape index (κ3) is 8.11. The molecule has 0 N–H and O–H groups in total. The molecule has 2 nitrogen and oxygen atoms in total. The zero-order valence-electron chi connectivity index (χ0n) is 26.6. The average Bonchev–Trinajstić information content (AvgIpc) is 3.67. The van der Waals surface area contributed by atoms with E-state index in [2.05, 4.69) is 121 Å². The number of hydrogen-bond acceptors (Lipinski definition) is 2. The van der Waals surface area contributed by atoms with Crippen LogP contribution in [0.2, 0.25) is 36.3 Å². The topological polar surface area (TPSA) is 18.5 Å². The molecule has 0 bridgehead atoms. The molecular weight excluding hydrogens is 671 g/mol. The summed E-state index contributed by atoms with van der Waals surface area (Å²) in [5.41, 5.74) is 5.55. The van der Waals surface area contributed by atoms with E-state index in [-0.39, 0.29) is 5.41 Å². The Labute approximate surface area is 277 Å². The maximum atomic E-state index is 7.28. The van der Waals surface area contributed by atoms with Gasteiger partial charge >= 0.3 is 37.9 Å². The van der Waals surface area contributed by atoms with E-state index in [9.17, 15) is 0 Å². The number of halogens is 2. The molecule has 0 radical (unpaired) electrons. The van der Waals surface area contributed by atoms with Crippen molar-refractivity contribution in [3.63, 3.8) is 0 Å².